The molecule has 38 heavy (non-hydrogen) atoms. The van der Waals surface area contributed by atoms with Gasteiger partial charge in [0.05, 0.1) is 40.2 Å². The molecule has 0 fully saturated rings. The van der Waals surface area contributed by atoms with Crippen molar-refractivity contribution in [1.82, 2.24) is 5.32 Å². The first kappa shape index (κ1) is 27.5. The van der Waals surface area contributed by atoms with Gasteiger partial charge in [-0.2, -0.15) is 0 Å². The summed E-state index contributed by atoms with van der Waals surface area (Å²) in [5, 5.41) is 15.9. The molecule has 11 heteroatoms. The molecule has 2 aliphatic rings. The van der Waals surface area contributed by atoms with Crippen molar-refractivity contribution in [3.8, 4) is 28.2 Å². The molecule has 4 rings (SSSR count). The summed E-state index contributed by atoms with van der Waals surface area (Å²) >= 11 is 5.59. The van der Waals surface area contributed by atoms with Crippen molar-refractivity contribution in [3.63, 3.8) is 0 Å². The average Bonchev–Trinajstić information content (AvgIpc) is 2.80. The summed E-state index contributed by atoms with van der Waals surface area (Å²) in [7, 11) is 2.09. The predicted octanol–water partition coefficient (Wildman–Crippen LogP) is 2.46. The SMILES string of the molecule is C[N+](C)(C)CCNC(=S)c1ccc(C(=O)[O-])c(-c2c3ccc(=O)cc-3oc3cc(OP(C)(=O)[O-])ccc23)c1. The molecule has 1 unspecified atom stereocenters. The molecule has 1 N–H and O–H groups in total. The highest BCUT2D eigenvalue weighted by Gasteiger charge is 2.21. The highest BCUT2D eigenvalue weighted by Crippen LogP contribution is 2.43. The van der Waals surface area contributed by atoms with E-state index in [9.17, 15) is 24.2 Å². The van der Waals surface area contributed by atoms with Crippen LogP contribution in [0.25, 0.3) is 33.4 Å². The van der Waals surface area contributed by atoms with Crippen LogP contribution in [0, 0.1) is 0 Å². The van der Waals surface area contributed by atoms with E-state index >= 15 is 0 Å². The number of rotatable bonds is 8. The zero-order chi connectivity index (χ0) is 27.8. The number of nitrogens with one attached hydrogen (secondary N) is 1. The quantitative estimate of drug-likeness (QED) is 0.151. The zero-order valence-electron chi connectivity index (χ0n) is 21.3. The van der Waals surface area contributed by atoms with Crippen molar-refractivity contribution < 1.29 is 32.8 Å². The molecule has 0 aromatic heterocycles. The molecule has 0 bridgehead atoms. The number of benzene rings is 3. The number of likely N-dealkylation sites (N-methyl/N-ethyl adjacent to an activating group) is 1. The van der Waals surface area contributed by atoms with Crippen molar-refractivity contribution in [2.24, 2.45) is 0 Å². The lowest BCUT2D eigenvalue weighted by atomic mass is 9.89. The summed E-state index contributed by atoms with van der Waals surface area (Å²) in [6.45, 7) is 2.38. The number of carboxylic acid groups (broad SMARTS) is 1. The Morgan fingerprint density at radius 3 is 2.47 bits per heavy atom. The van der Waals surface area contributed by atoms with Crippen molar-refractivity contribution in [3.05, 3.63) is 75.9 Å². The van der Waals surface area contributed by atoms with Crippen molar-refractivity contribution in [2.45, 2.75) is 0 Å². The molecule has 9 nitrogen and oxygen atoms in total. The number of nitrogens with zero attached hydrogens (tertiary/aromatic N) is 1. The van der Waals surface area contributed by atoms with E-state index in [0.29, 0.717) is 39.2 Å². The van der Waals surface area contributed by atoms with Crippen LogP contribution in [0.1, 0.15) is 15.9 Å². The molecule has 1 aliphatic carbocycles. The molecule has 1 heterocycles. The number of fused-ring (bicyclic) bond motifs is 2. The third-order valence-electron chi connectivity index (χ3n) is 5.78. The Kier molecular flexibility index (Phi) is 7.45. The van der Waals surface area contributed by atoms with Gasteiger partial charge in [-0.1, -0.05) is 24.4 Å². The smallest absolute Gasteiger partial charge is 0.182 e. The largest absolute Gasteiger partial charge is 0.769 e. The van der Waals surface area contributed by atoms with Gasteiger partial charge >= 0.3 is 0 Å². The Bertz CT molecular complexity index is 1640. The maximum absolute atomic E-state index is 12.2. The molecule has 2 aromatic rings. The summed E-state index contributed by atoms with van der Waals surface area (Å²) in [6.07, 6.45) is 0. The molecule has 198 valence electrons. The zero-order valence-corrected chi connectivity index (χ0v) is 23.0. The normalized spacial score (nSPS) is 13.3. The second-order valence-corrected chi connectivity index (χ2v) is 12.1. The minimum Gasteiger partial charge on any atom is -0.769 e. The van der Waals surface area contributed by atoms with Crippen LogP contribution in [-0.4, -0.2) is 56.3 Å². The lowest BCUT2D eigenvalue weighted by Crippen LogP contribution is -2.41. The summed E-state index contributed by atoms with van der Waals surface area (Å²) in [5.41, 5.74) is 1.66. The minimum atomic E-state index is -4.10. The maximum atomic E-state index is 12.2. The molecular formula is C27H26N2O7PS-. The number of carbonyl (C=O) groups is 1. The van der Waals surface area contributed by atoms with Gasteiger partial charge in [0.1, 0.15) is 22.1 Å². The van der Waals surface area contributed by atoms with E-state index in [1.807, 2.05) is 0 Å². The Morgan fingerprint density at radius 1 is 1.08 bits per heavy atom. The number of quaternary nitrogens is 1. The molecule has 0 amide bonds. The van der Waals surface area contributed by atoms with Crippen LogP contribution in [0.2, 0.25) is 0 Å². The van der Waals surface area contributed by atoms with Crippen LogP contribution < -0.4 is 25.3 Å². The molecule has 0 spiro atoms. The van der Waals surface area contributed by atoms with E-state index in [4.69, 9.17) is 21.2 Å². The Balaban J connectivity index is 1.93. The van der Waals surface area contributed by atoms with Gasteiger partial charge in [0.15, 0.2) is 13.0 Å². The number of carbonyl (C=O) groups excluding carboxylic acids is 1. The molecule has 1 atom stereocenters. The Morgan fingerprint density at radius 2 is 1.82 bits per heavy atom. The van der Waals surface area contributed by atoms with E-state index in [2.05, 4.69) is 26.5 Å². The molecule has 0 saturated carbocycles. The predicted molar refractivity (Wildman–Crippen MR) is 146 cm³/mol. The first-order chi connectivity index (χ1) is 17.7. The third kappa shape index (κ3) is 6.28. The second-order valence-electron chi connectivity index (χ2n) is 9.97. The maximum Gasteiger partial charge on any atom is 0.182 e. The summed E-state index contributed by atoms with van der Waals surface area (Å²) < 4.78 is 23.4. The van der Waals surface area contributed by atoms with Crippen LogP contribution >= 0.6 is 19.8 Å². The lowest BCUT2D eigenvalue weighted by molar-refractivity contribution is -0.869. The highest BCUT2D eigenvalue weighted by molar-refractivity contribution is 7.80. The molecule has 2 aromatic carbocycles. The first-order valence-electron chi connectivity index (χ1n) is 11.6. The van der Waals surface area contributed by atoms with Gasteiger partial charge in [-0.05, 0) is 35.9 Å². The number of thiocarbonyl (C=S) groups is 1. The number of aromatic carboxylic acids is 1. The lowest BCUT2D eigenvalue weighted by Gasteiger charge is -2.24. The van der Waals surface area contributed by atoms with Crippen LogP contribution in [0.4, 0.5) is 0 Å². The fourth-order valence-corrected chi connectivity index (χ4v) is 4.79. The standard InChI is InChI=1S/C27H27N2O7PS/c1-29(2,3)12-11-28-26(38)16-5-8-19(27(31)32)22(13-16)25-20-9-6-17(30)14-23(20)35-24-15-18(7-10-21(24)25)36-37(4,33)34/h5-10,13-15H,11-12H2,1-4H3,(H2-,28,31,32,33,34,38)/p-1. The average molecular weight is 554 g/mol. The van der Waals surface area contributed by atoms with Crippen molar-refractivity contribution >= 4 is 41.7 Å². The van der Waals surface area contributed by atoms with E-state index in [1.54, 1.807) is 24.3 Å². The van der Waals surface area contributed by atoms with E-state index < -0.39 is 13.6 Å². The number of hydrogen-bond acceptors (Lipinski definition) is 8. The van der Waals surface area contributed by atoms with E-state index in [0.717, 1.165) is 17.7 Å². The summed E-state index contributed by atoms with van der Waals surface area (Å²) in [4.78, 5) is 36.4. The molecular weight excluding hydrogens is 527 g/mol. The van der Waals surface area contributed by atoms with Gasteiger partial charge in [0.2, 0.25) is 0 Å². The van der Waals surface area contributed by atoms with Crippen LogP contribution in [0.5, 0.6) is 5.75 Å². The highest BCUT2D eigenvalue weighted by atomic mass is 32.1. The van der Waals surface area contributed by atoms with Crippen LogP contribution in [0.15, 0.2) is 63.8 Å². The topological polar surface area (TPSA) is 132 Å². The Labute approximate surface area is 224 Å². The van der Waals surface area contributed by atoms with Gasteiger partial charge in [0.25, 0.3) is 0 Å². The van der Waals surface area contributed by atoms with E-state index in [1.165, 1.54) is 30.3 Å². The minimum absolute atomic E-state index is 0.0159. The summed E-state index contributed by atoms with van der Waals surface area (Å²) in [5.74, 6) is -1.18. The fraction of sp³-hybridized carbons (Fsp3) is 0.222. The number of carboxylic acids is 1. The van der Waals surface area contributed by atoms with Gasteiger partial charge < -0.3 is 33.5 Å². The molecule has 0 radical (unpaired) electrons. The van der Waals surface area contributed by atoms with E-state index in [-0.39, 0.29) is 28.1 Å². The van der Waals surface area contributed by atoms with Gasteiger partial charge in [-0.25, -0.2) is 0 Å². The van der Waals surface area contributed by atoms with Crippen LogP contribution in [-0.2, 0) is 4.57 Å². The molecule has 0 saturated heterocycles. The van der Waals surface area contributed by atoms with Gasteiger partial charge in [-0.3, -0.25) is 9.36 Å². The molecule has 1 aliphatic heterocycles. The first-order valence-corrected chi connectivity index (χ1v) is 14.0. The second kappa shape index (κ2) is 10.3. The monoisotopic (exact) mass is 553 g/mol. The van der Waals surface area contributed by atoms with Crippen molar-refractivity contribution in [2.75, 3.05) is 40.9 Å². The number of hydrogen-bond donors (Lipinski definition) is 1. The fourth-order valence-electron chi connectivity index (χ4n) is 4.07. The van der Waals surface area contributed by atoms with Crippen LogP contribution in [0.3, 0.4) is 0 Å². The van der Waals surface area contributed by atoms with Crippen molar-refractivity contribution in [1.29, 1.82) is 0 Å². The Hall–Kier alpha value is -3.56. The van der Waals surface area contributed by atoms with Gasteiger partial charge in [-0.15, -0.1) is 0 Å². The van der Waals surface area contributed by atoms with Gasteiger partial charge in [0, 0.05) is 46.4 Å². The summed E-state index contributed by atoms with van der Waals surface area (Å²) in [6, 6.07) is 13.3. The third-order valence-corrected chi connectivity index (χ3v) is 6.70.